The highest BCUT2D eigenvalue weighted by molar-refractivity contribution is 5.68. The normalized spacial score (nSPS) is 26.8. The number of aromatic nitrogens is 4. The molecular weight excluding hydrogens is 380 g/mol. The fourth-order valence-corrected chi connectivity index (χ4v) is 2.73. The van der Waals surface area contributed by atoms with E-state index in [1.54, 1.807) is 0 Å². The van der Waals surface area contributed by atoms with Gasteiger partial charge < -0.3 is 23.7 Å². The van der Waals surface area contributed by atoms with Crippen LogP contribution in [0.15, 0.2) is 0 Å². The van der Waals surface area contributed by atoms with E-state index in [0.717, 1.165) is 20.8 Å². The summed E-state index contributed by atoms with van der Waals surface area (Å²) in [5.74, 6) is -2.75. The van der Waals surface area contributed by atoms with Crippen molar-refractivity contribution in [2.24, 2.45) is 0 Å². The molecule has 1 saturated heterocycles. The van der Waals surface area contributed by atoms with Gasteiger partial charge in [-0.3, -0.25) is 19.2 Å². The monoisotopic (exact) mass is 400 g/mol. The first-order valence-electron chi connectivity index (χ1n) is 8.22. The number of hydrogen-bond donors (Lipinski definition) is 1. The van der Waals surface area contributed by atoms with E-state index >= 15 is 0 Å². The van der Waals surface area contributed by atoms with Crippen LogP contribution < -0.4 is 0 Å². The molecular formula is C15H20N4O9. The molecule has 1 aliphatic rings. The lowest BCUT2D eigenvalue weighted by molar-refractivity contribution is -0.255. The first kappa shape index (κ1) is 21.2. The van der Waals surface area contributed by atoms with Crippen molar-refractivity contribution in [3.63, 3.8) is 0 Å². The Labute approximate surface area is 159 Å². The average Bonchev–Trinajstić information content (AvgIpc) is 3.09. The van der Waals surface area contributed by atoms with Crippen LogP contribution in [0.3, 0.4) is 0 Å². The minimum atomic E-state index is -1.27. The summed E-state index contributed by atoms with van der Waals surface area (Å²) in [6.07, 6.45) is -5.96. The first-order chi connectivity index (χ1) is 13.2. The molecule has 1 aromatic heterocycles. The molecule has 5 atom stereocenters. The van der Waals surface area contributed by atoms with Crippen LogP contribution in [-0.2, 0) is 42.9 Å². The Balaban J connectivity index is 2.45. The Kier molecular flexibility index (Phi) is 6.98. The van der Waals surface area contributed by atoms with Crippen LogP contribution in [0.4, 0.5) is 0 Å². The van der Waals surface area contributed by atoms with Gasteiger partial charge in [-0.25, -0.2) is 0 Å². The summed E-state index contributed by atoms with van der Waals surface area (Å²) in [4.78, 5) is 46.1. The third-order valence-corrected chi connectivity index (χ3v) is 3.61. The van der Waals surface area contributed by atoms with Crippen molar-refractivity contribution in [2.45, 2.75) is 58.2 Å². The maximum absolute atomic E-state index is 11.7. The minimum Gasteiger partial charge on any atom is -0.463 e. The second-order valence-corrected chi connectivity index (χ2v) is 5.89. The van der Waals surface area contributed by atoms with Crippen LogP contribution in [-0.4, -0.2) is 75.5 Å². The Bertz CT molecular complexity index is 723. The molecule has 0 aromatic carbocycles. The van der Waals surface area contributed by atoms with Gasteiger partial charge in [-0.05, 0) is 0 Å². The number of tetrazole rings is 1. The van der Waals surface area contributed by atoms with Crippen LogP contribution >= 0.6 is 0 Å². The van der Waals surface area contributed by atoms with E-state index in [1.165, 1.54) is 6.92 Å². The fourth-order valence-electron chi connectivity index (χ4n) is 2.73. The van der Waals surface area contributed by atoms with Crippen LogP contribution in [0, 0.1) is 0 Å². The van der Waals surface area contributed by atoms with Gasteiger partial charge in [0.1, 0.15) is 12.7 Å². The standard InChI is InChI=1S/C15H20N4O9/c1-6(20)24-5-10-11(25-7(2)21)12(26-8(3)22)13(27-9(4)23)14(28-10)15-16-18-19-17-15/h10-14H,5H2,1-4H3,(H,16,17,18,19)/t10-,11-,12+,13-,14-/m1/s1. The van der Waals surface area contributed by atoms with E-state index in [4.69, 9.17) is 23.7 Å². The average molecular weight is 400 g/mol. The maximum Gasteiger partial charge on any atom is 0.303 e. The van der Waals surface area contributed by atoms with Crippen LogP contribution in [0.1, 0.15) is 39.6 Å². The predicted octanol–water partition coefficient (Wildman–Crippen LogP) is -1.00. The lowest BCUT2D eigenvalue weighted by Gasteiger charge is -2.43. The van der Waals surface area contributed by atoms with Gasteiger partial charge in [-0.15, -0.1) is 10.2 Å². The Morgan fingerprint density at radius 1 is 0.893 bits per heavy atom. The number of hydrogen-bond acceptors (Lipinski definition) is 12. The van der Waals surface area contributed by atoms with Gasteiger partial charge in [0.05, 0.1) is 0 Å². The molecule has 0 aliphatic carbocycles. The van der Waals surface area contributed by atoms with E-state index in [-0.39, 0.29) is 12.4 Å². The van der Waals surface area contributed by atoms with Crippen molar-refractivity contribution in [3.8, 4) is 0 Å². The highest BCUT2D eigenvalue weighted by atomic mass is 16.7. The van der Waals surface area contributed by atoms with Crippen molar-refractivity contribution < 1.29 is 42.9 Å². The molecule has 2 heterocycles. The molecule has 0 radical (unpaired) electrons. The van der Waals surface area contributed by atoms with Gasteiger partial charge in [-0.2, -0.15) is 5.21 Å². The van der Waals surface area contributed by atoms with Gasteiger partial charge >= 0.3 is 23.9 Å². The summed E-state index contributed by atoms with van der Waals surface area (Å²) in [5, 5.41) is 13.3. The zero-order valence-corrected chi connectivity index (χ0v) is 15.6. The number of carbonyl (C=O) groups is 4. The molecule has 1 aliphatic heterocycles. The Morgan fingerprint density at radius 3 is 1.96 bits per heavy atom. The van der Waals surface area contributed by atoms with Gasteiger partial charge in [0.2, 0.25) is 5.82 Å². The summed E-state index contributed by atoms with van der Waals surface area (Å²) in [5.41, 5.74) is 0. The molecule has 13 heteroatoms. The van der Waals surface area contributed by atoms with E-state index in [1.807, 2.05) is 0 Å². The lowest BCUT2D eigenvalue weighted by Crippen LogP contribution is -2.59. The second-order valence-electron chi connectivity index (χ2n) is 5.89. The molecule has 1 fully saturated rings. The zero-order chi connectivity index (χ0) is 20.8. The van der Waals surface area contributed by atoms with Crippen LogP contribution in [0.2, 0.25) is 0 Å². The lowest BCUT2D eigenvalue weighted by atomic mass is 9.93. The Morgan fingerprint density at radius 2 is 1.46 bits per heavy atom. The van der Waals surface area contributed by atoms with E-state index < -0.39 is 54.4 Å². The number of H-pyrrole nitrogens is 1. The van der Waals surface area contributed by atoms with E-state index in [2.05, 4.69) is 20.6 Å². The summed E-state index contributed by atoms with van der Waals surface area (Å²) in [6, 6.07) is 0. The summed E-state index contributed by atoms with van der Waals surface area (Å²) >= 11 is 0. The topological polar surface area (TPSA) is 169 Å². The number of aromatic amines is 1. The van der Waals surface area contributed by atoms with Gasteiger partial charge in [0.15, 0.2) is 24.4 Å². The molecule has 0 unspecified atom stereocenters. The van der Waals surface area contributed by atoms with E-state index in [0.29, 0.717) is 0 Å². The largest absolute Gasteiger partial charge is 0.463 e. The molecule has 1 aromatic rings. The third kappa shape index (κ3) is 5.45. The first-order valence-corrected chi connectivity index (χ1v) is 8.22. The molecule has 13 nitrogen and oxygen atoms in total. The number of rotatable bonds is 6. The van der Waals surface area contributed by atoms with Gasteiger partial charge in [0, 0.05) is 27.7 Å². The second kappa shape index (κ2) is 9.21. The molecule has 28 heavy (non-hydrogen) atoms. The van der Waals surface area contributed by atoms with Crippen molar-refractivity contribution >= 4 is 23.9 Å². The third-order valence-electron chi connectivity index (χ3n) is 3.61. The Hall–Kier alpha value is -3.09. The van der Waals surface area contributed by atoms with Crippen LogP contribution in [0.5, 0.6) is 0 Å². The SMILES string of the molecule is CC(=O)OC[C@H]1O[C@@H](c2nn[nH]n2)[C@H](OC(C)=O)[C@@H](OC(C)=O)[C@@H]1OC(C)=O. The van der Waals surface area contributed by atoms with E-state index in [9.17, 15) is 19.2 Å². The highest BCUT2D eigenvalue weighted by Crippen LogP contribution is 2.36. The van der Waals surface area contributed by atoms with Crippen molar-refractivity contribution in [1.82, 2.24) is 20.6 Å². The predicted molar refractivity (Wildman–Crippen MR) is 85.1 cm³/mol. The van der Waals surface area contributed by atoms with Crippen molar-refractivity contribution in [3.05, 3.63) is 5.82 Å². The summed E-state index contributed by atoms with van der Waals surface area (Å²) in [7, 11) is 0. The smallest absolute Gasteiger partial charge is 0.303 e. The zero-order valence-electron chi connectivity index (χ0n) is 15.6. The summed E-state index contributed by atoms with van der Waals surface area (Å²) in [6.45, 7) is 4.27. The molecule has 154 valence electrons. The molecule has 1 N–H and O–H groups in total. The molecule has 0 saturated carbocycles. The quantitative estimate of drug-likeness (QED) is 0.457. The number of nitrogens with one attached hydrogen (secondary N) is 1. The van der Waals surface area contributed by atoms with Gasteiger partial charge in [-0.1, -0.05) is 5.21 Å². The molecule has 0 bridgehead atoms. The maximum atomic E-state index is 11.7. The number of nitrogens with zero attached hydrogens (tertiary/aromatic N) is 3. The minimum absolute atomic E-state index is 0.00231. The van der Waals surface area contributed by atoms with Crippen molar-refractivity contribution in [1.29, 1.82) is 0 Å². The summed E-state index contributed by atoms with van der Waals surface area (Å²) < 4.78 is 26.6. The highest BCUT2D eigenvalue weighted by Gasteiger charge is 2.53. The molecule has 2 rings (SSSR count). The molecule has 0 amide bonds. The van der Waals surface area contributed by atoms with Gasteiger partial charge in [0.25, 0.3) is 0 Å². The number of ether oxygens (including phenoxy) is 5. The number of esters is 4. The van der Waals surface area contributed by atoms with Crippen molar-refractivity contribution in [2.75, 3.05) is 6.61 Å². The molecule has 0 spiro atoms. The number of carbonyl (C=O) groups excluding carboxylic acids is 4. The fraction of sp³-hybridized carbons (Fsp3) is 0.667. The van der Waals surface area contributed by atoms with Crippen LogP contribution in [0.25, 0.3) is 0 Å².